The average molecular weight is 125 g/mol. The molecule has 0 aromatic rings. The average Bonchev–Trinajstić information content (AvgIpc) is 1.60. The molecular formula is C7H11NO. The second-order valence-corrected chi connectivity index (χ2v) is 2.52. The highest BCUT2D eigenvalue weighted by Gasteiger charge is 2.22. The van der Waals surface area contributed by atoms with Gasteiger partial charge in [0.25, 0.3) is 0 Å². The summed E-state index contributed by atoms with van der Waals surface area (Å²) in [5.41, 5.74) is 5.62. The molecule has 0 bridgehead atoms. The quantitative estimate of drug-likeness (QED) is 0.546. The molecule has 1 aliphatic carbocycles. The molecule has 0 unspecified atom stereocenters. The first-order valence-corrected chi connectivity index (χ1v) is 3.20. The minimum Gasteiger partial charge on any atom is -0.366 e. The molecule has 1 amide bonds. The summed E-state index contributed by atoms with van der Waals surface area (Å²) in [7, 11) is 0. The summed E-state index contributed by atoms with van der Waals surface area (Å²) in [4.78, 5) is 10.5. The van der Waals surface area contributed by atoms with Crippen molar-refractivity contribution >= 4 is 5.91 Å². The Kier molecular flexibility index (Phi) is 1.56. The van der Waals surface area contributed by atoms with Crippen molar-refractivity contribution in [1.29, 1.82) is 0 Å². The van der Waals surface area contributed by atoms with Crippen LogP contribution in [0.5, 0.6) is 0 Å². The van der Waals surface area contributed by atoms with Crippen LogP contribution in [-0.4, -0.2) is 5.91 Å². The number of hydrogen-bond donors (Lipinski definition) is 1. The summed E-state index contributed by atoms with van der Waals surface area (Å²) in [6.45, 7) is 3.60. The van der Waals surface area contributed by atoms with Crippen LogP contribution in [0, 0.1) is 5.92 Å². The van der Waals surface area contributed by atoms with Crippen molar-refractivity contribution in [3.63, 3.8) is 0 Å². The van der Waals surface area contributed by atoms with E-state index in [0.29, 0.717) is 11.5 Å². The molecule has 50 valence electrons. The minimum atomic E-state index is -0.334. The molecule has 2 N–H and O–H groups in total. The largest absolute Gasteiger partial charge is 0.366 e. The summed E-state index contributed by atoms with van der Waals surface area (Å²) < 4.78 is 0. The SMILES string of the molecule is C=C(C(N)=O)C1CCC1. The zero-order valence-electron chi connectivity index (χ0n) is 5.39. The minimum absolute atomic E-state index is 0.334. The summed E-state index contributed by atoms with van der Waals surface area (Å²) in [5, 5.41) is 0. The van der Waals surface area contributed by atoms with Gasteiger partial charge in [-0.05, 0) is 18.8 Å². The van der Waals surface area contributed by atoms with Gasteiger partial charge in [-0.3, -0.25) is 4.79 Å². The maximum atomic E-state index is 10.5. The van der Waals surface area contributed by atoms with Crippen LogP contribution in [0.4, 0.5) is 0 Å². The van der Waals surface area contributed by atoms with E-state index in [4.69, 9.17) is 5.73 Å². The molecule has 0 saturated heterocycles. The van der Waals surface area contributed by atoms with Crippen molar-refractivity contribution < 1.29 is 4.79 Å². The monoisotopic (exact) mass is 125 g/mol. The van der Waals surface area contributed by atoms with Crippen molar-refractivity contribution in [2.75, 3.05) is 0 Å². The zero-order valence-corrected chi connectivity index (χ0v) is 5.39. The first-order chi connectivity index (χ1) is 4.22. The Balaban J connectivity index is 2.42. The van der Waals surface area contributed by atoms with Gasteiger partial charge in [0.15, 0.2) is 0 Å². The van der Waals surface area contributed by atoms with Crippen LogP contribution in [0.15, 0.2) is 12.2 Å². The Hall–Kier alpha value is -0.790. The van der Waals surface area contributed by atoms with Gasteiger partial charge in [0.05, 0.1) is 0 Å². The third-order valence-corrected chi connectivity index (χ3v) is 1.91. The second-order valence-electron chi connectivity index (χ2n) is 2.52. The standard InChI is InChI=1S/C7H11NO/c1-5(7(8)9)6-3-2-4-6/h6H,1-4H2,(H2,8,9). The van der Waals surface area contributed by atoms with E-state index in [0.717, 1.165) is 12.8 Å². The molecule has 1 fully saturated rings. The van der Waals surface area contributed by atoms with Crippen LogP contribution in [0.1, 0.15) is 19.3 Å². The van der Waals surface area contributed by atoms with E-state index >= 15 is 0 Å². The Morgan fingerprint density at radius 3 is 2.22 bits per heavy atom. The Morgan fingerprint density at radius 1 is 1.56 bits per heavy atom. The van der Waals surface area contributed by atoms with Crippen LogP contribution >= 0.6 is 0 Å². The highest BCUT2D eigenvalue weighted by atomic mass is 16.1. The number of primary amides is 1. The highest BCUT2D eigenvalue weighted by Crippen LogP contribution is 2.31. The van der Waals surface area contributed by atoms with Crippen LogP contribution < -0.4 is 5.73 Å². The first kappa shape index (κ1) is 6.33. The fraction of sp³-hybridized carbons (Fsp3) is 0.571. The predicted octanol–water partition coefficient (Wildman–Crippen LogP) is 0.828. The van der Waals surface area contributed by atoms with E-state index in [9.17, 15) is 4.79 Å². The lowest BCUT2D eigenvalue weighted by Crippen LogP contribution is -2.23. The summed E-state index contributed by atoms with van der Waals surface area (Å²) in [6.07, 6.45) is 3.42. The molecule has 2 heteroatoms. The van der Waals surface area contributed by atoms with Crippen molar-refractivity contribution in [2.45, 2.75) is 19.3 Å². The molecule has 0 aromatic carbocycles. The number of carbonyl (C=O) groups excluding carboxylic acids is 1. The van der Waals surface area contributed by atoms with Crippen molar-refractivity contribution in [1.82, 2.24) is 0 Å². The highest BCUT2D eigenvalue weighted by molar-refractivity contribution is 5.91. The lowest BCUT2D eigenvalue weighted by molar-refractivity contribution is -0.115. The van der Waals surface area contributed by atoms with E-state index < -0.39 is 0 Å². The zero-order chi connectivity index (χ0) is 6.85. The lowest BCUT2D eigenvalue weighted by Gasteiger charge is -2.25. The van der Waals surface area contributed by atoms with E-state index in [2.05, 4.69) is 6.58 Å². The van der Waals surface area contributed by atoms with Crippen LogP contribution in [0.25, 0.3) is 0 Å². The molecule has 1 aliphatic rings. The van der Waals surface area contributed by atoms with E-state index in [1.807, 2.05) is 0 Å². The van der Waals surface area contributed by atoms with Gasteiger partial charge in [-0.2, -0.15) is 0 Å². The molecule has 0 heterocycles. The van der Waals surface area contributed by atoms with Gasteiger partial charge < -0.3 is 5.73 Å². The fourth-order valence-corrected chi connectivity index (χ4v) is 0.958. The lowest BCUT2D eigenvalue weighted by atomic mass is 9.80. The second kappa shape index (κ2) is 2.21. The van der Waals surface area contributed by atoms with Crippen molar-refractivity contribution in [3.8, 4) is 0 Å². The van der Waals surface area contributed by atoms with Crippen molar-refractivity contribution in [2.24, 2.45) is 11.7 Å². The predicted molar refractivity (Wildman–Crippen MR) is 35.7 cm³/mol. The maximum Gasteiger partial charge on any atom is 0.244 e. The van der Waals surface area contributed by atoms with Gasteiger partial charge in [0, 0.05) is 5.57 Å². The molecule has 1 saturated carbocycles. The van der Waals surface area contributed by atoms with E-state index in [1.54, 1.807) is 0 Å². The smallest absolute Gasteiger partial charge is 0.244 e. The molecule has 0 atom stereocenters. The van der Waals surface area contributed by atoms with Gasteiger partial charge in [-0.15, -0.1) is 0 Å². The van der Waals surface area contributed by atoms with Gasteiger partial charge in [0.1, 0.15) is 0 Å². The Labute approximate surface area is 54.7 Å². The number of carbonyl (C=O) groups is 1. The number of rotatable bonds is 2. The van der Waals surface area contributed by atoms with Crippen molar-refractivity contribution in [3.05, 3.63) is 12.2 Å². The first-order valence-electron chi connectivity index (χ1n) is 3.20. The van der Waals surface area contributed by atoms with Gasteiger partial charge in [0.2, 0.25) is 5.91 Å². The summed E-state index contributed by atoms with van der Waals surface area (Å²) in [5.74, 6) is 0.0715. The molecule has 0 aliphatic heterocycles. The number of nitrogens with two attached hydrogens (primary N) is 1. The summed E-state index contributed by atoms with van der Waals surface area (Å²) >= 11 is 0. The molecule has 1 rings (SSSR count). The van der Waals surface area contributed by atoms with Gasteiger partial charge in [-0.25, -0.2) is 0 Å². The molecule has 0 aromatic heterocycles. The molecule has 0 radical (unpaired) electrons. The summed E-state index contributed by atoms with van der Waals surface area (Å²) in [6, 6.07) is 0. The Morgan fingerprint density at radius 2 is 2.11 bits per heavy atom. The van der Waals surface area contributed by atoms with E-state index in [-0.39, 0.29) is 5.91 Å². The van der Waals surface area contributed by atoms with Gasteiger partial charge >= 0.3 is 0 Å². The van der Waals surface area contributed by atoms with Gasteiger partial charge in [-0.1, -0.05) is 13.0 Å². The third kappa shape index (κ3) is 1.12. The molecular weight excluding hydrogens is 114 g/mol. The molecule has 2 nitrogen and oxygen atoms in total. The third-order valence-electron chi connectivity index (χ3n) is 1.91. The Bertz CT molecular complexity index is 147. The maximum absolute atomic E-state index is 10.5. The topological polar surface area (TPSA) is 43.1 Å². The van der Waals surface area contributed by atoms with Crippen LogP contribution in [0.2, 0.25) is 0 Å². The van der Waals surface area contributed by atoms with Crippen LogP contribution in [0.3, 0.4) is 0 Å². The molecule has 0 spiro atoms. The number of hydrogen-bond acceptors (Lipinski definition) is 1. The number of amides is 1. The van der Waals surface area contributed by atoms with Crippen LogP contribution in [-0.2, 0) is 4.79 Å². The fourth-order valence-electron chi connectivity index (χ4n) is 0.958. The normalized spacial score (nSPS) is 18.7. The van der Waals surface area contributed by atoms with E-state index in [1.165, 1.54) is 6.42 Å². The molecule has 9 heavy (non-hydrogen) atoms.